The fraction of sp³-hybridized carbons (Fsp3) is 0.759. The maximum Gasteiger partial charge on any atom is 0.223 e. The Bertz CT molecular complexity index is 781. The molecule has 0 heterocycles. The lowest BCUT2D eigenvalue weighted by atomic mass is 9.81. The number of rotatable bonds is 18. The maximum atomic E-state index is 12.8. The van der Waals surface area contributed by atoms with Crippen LogP contribution < -0.4 is 20.5 Å². The third-order valence-electron chi connectivity index (χ3n) is 7.39. The number of nitrogens with two attached hydrogens (primary N) is 1. The monoisotopic (exact) mass is 506 g/mol. The third kappa shape index (κ3) is 10.3. The fourth-order valence-corrected chi connectivity index (χ4v) is 4.56. The van der Waals surface area contributed by atoms with Gasteiger partial charge in [-0.1, -0.05) is 33.8 Å². The van der Waals surface area contributed by atoms with Gasteiger partial charge in [0.15, 0.2) is 11.5 Å². The van der Waals surface area contributed by atoms with Crippen molar-refractivity contribution in [3.05, 3.63) is 23.8 Å². The van der Waals surface area contributed by atoms with E-state index >= 15 is 0 Å². The average Bonchev–Trinajstić information content (AvgIpc) is 3.67. The number of amides is 1. The van der Waals surface area contributed by atoms with Crippen molar-refractivity contribution in [2.45, 2.75) is 78.4 Å². The SMILES string of the molecule is COCCCOc1cc(C[C@@H](C[C@H](N)[C@@H](O)C[C@H](C(=O)NCC2CC2)C(C)C)C(C)C)ccc1OC. The van der Waals surface area contributed by atoms with Crippen LogP contribution in [0.25, 0.3) is 0 Å². The molecule has 0 unspecified atom stereocenters. The quantitative estimate of drug-likeness (QED) is 0.258. The Morgan fingerprint density at radius 1 is 1.08 bits per heavy atom. The van der Waals surface area contributed by atoms with Gasteiger partial charge < -0.3 is 30.4 Å². The lowest BCUT2D eigenvalue weighted by Gasteiger charge is -2.30. The molecule has 0 spiro atoms. The number of hydrogen-bond donors (Lipinski definition) is 3. The van der Waals surface area contributed by atoms with Crippen molar-refractivity contribution < 1.29 is 24.1 Å². The Balaban J connectivity index is 1.98. The van der Waals surface area contributed by atoms with E-state index in [1.165, 1.54) is 12.8 Å². The summed E-state index contributed by atoms with van der Waals surface area (Å²) in [6.45, 7) is 10.4. The van der Waals surface area contributed by atoms with Crippen LogP contribution in [0.3, 0.4) is 0 Å². The molecule has 1 aliphatic carbocycles. The zero-order chi connectivity index (χ0) is 26.7. The molecule has 0 bridgehead atoms. The molecule has 1 amide bonds. The second kappa shape index (κ2) is 15.4. The van der Waals surface area contributed by atoms with Gasteiger partial charge in [0.05, 0.1) is 19.8 Å². The van der Waals surface area contributed by atoms with Gasteiger partial charge in [0.25, 0.3) is 0 Å². The third-order valence-corrected chi connectivity index (χ3v) is 7.39. The first-order valence-electron chi connectivity index (χ1n) is 13.7. The first-order valence-corrected chi connectivity index (χ1v) is 13.7. The predicted molar refractivity (Wildman–Crippen MR) is 144 cm³/mol. The molecule has 0 saturated heterocycles. The highest BCUT2D eigenvalue weighted by Gasteiger charge is 2.31. The van der Waals surface area contributed by atoms with Gasteiger partial charge in [0, 0.05) is 38.6 Å². The van der Waals surface area contributed by atoms with Gasteiger partial charge in [-0.15, -0.1) is 0 Å². The molecular formula is C29H50N2O5. The zero-order valence-corrected chi connectivity index (χ0v) is 23.3. The lowest BCUT2D eigenvalue weighted by molar-refractivity contribution is -0.127. The van der Waals surface area contributed by atoms with Crippen molar-refractivity contribution in [1.82, 2.24) is 5.32 Å². The van der Waals surface area contributed by atoms with Gasteiger partial charge in [-0.25, -0.2) is 0 Å². The summed E-state index contributed by atoms with van der Waals surface area (Å²) < 4.78 is 16.5. The molecule has 1 fully saturated rings. The molecule has 4 atom stereocenters. The molecule has 7 nitrogen and oxygen atoms in total. The molecule has 4 N–H and O–H groups in total. The number of aliphatic hydroxyl groups excluding tert-OH is 1. The molecule has 0 aromatic heterocycles. The zero-order valence-electron chi connectivity index (χ0n) is 23.3. The number of carbonyl (C=O) groups is 1. The second-order valence-corrected chi connectivity index (χ2v) is 11.1. The highest BCUT2D eigenvalue weighted by atomic mass is 16.5. The Hall–Kier alpha value is -1.83. The van der Waals surface area contributed by atoms with Crippen LogP contribution in [0.1, 0.15) is 65.4 Å². The van der Waals surface area contributed by atoms with E-state index in [0.717, 1.165) is 30.7 Å². The van der Waals surface area contributed by atoms with Gasteiger partial charge in [-0.3, -0.25) is 4.79 Å². The minimum Gasteiger partial charge on any atom is -0.493 e. The number of carbonyl (C=O) groups excluding carboxylic acids is 1. The van der Waals surface area contributed by atoms with E-state index in [2.05, 4.69) is 25.2 Å². The highest BCUT2D eigenvalue weighted by molar-refractivity contribution is 5.78. The van der Waals surface area contributed by atoms with Crippen molar-refractivity contribution in [1.29, 1.82) is 0 Å². The van der Waals surface area contributed by atoms with E-state index in [-0.39, 0.29) is 23.7 Å². The van der Waals surface area contributed by atoms with E-state index < -0.39 is 12.1 Å². The summed E-state index contributed by atoms with van der Waals surface area (Å²) in [7, 11) is 3.33. The van der Waals surface area contributed by atoms with E-state index in [0.29, 0.717) is 43.6 Å². The van der Waals surface area contributed by atoms with Gasteiger partial charge in [-0.05, 0) is 73.5 Å². The normalized spacial score (nSPS) is 17.1. The minimum absolute atomic E-state index is 0.0415. The van der Waals surface area contributed by atoms with Crippen LogP contribution in [-0.2, 0) is 16.0 Å². The fourth-order valence-electron chi connectivity index (χ4n) is 4.56. The van der Waals surface area contributed by atoms with Crippen molar-refractivity contribution in [2.75, 3.05) is 34.0 Å². The molecule has 7 heteroatoms. The first kappa shape index (κ1) is 30.4. The number of hydrogen-bond acceptors (Lipinski definition) is 6. The highest BCUT2D eigenvalue weighted by Crippen LogP contribution is 2.32. The summed E-state index contributed by atoms with van der Waals surface area (Å²) in [6.07, 6.45) is 4.39. The number of aliphatic hydroxyl groups is 1. The molecular weight excluding hydrogens is 456 g/mol. The maximum absolute atomic E-state index is 12.8. The van der Waals surface area contributed by atoms with Crippen LogP contribution in [-0.4, -0.2) is 57.1 Å². The molecule has 1 aromatic carbocycles. The summed E-state index contributed by atoms with van der Waals surface area (Å²) >= 11 is 0. The first-order chi connectivity index (χ1) is 17.2. The summed E-state index contributed by atoms with van der Waals surface area (Å²) in [5, 5.41) is 14.1. The smallest absolute Gasteiger partial charge is 0.223 e. The van der Waals surface area contributed by atoms with E-state index in [1.807, 2.05) is 26.0 Å². The molecule has 1 aromatic rings. The van der Waals surface area contributed by atoms with E-state index in [4.69, 9.17) is 19.9 Å². The standard InChI is InChI=1S/C29H50N2O5/c1-19(2)23(14-22-10-11-27(35-6)28(15-22)36-13-7-12-34-5)16-25(30)26(32)17-24(20(3)4)29(33)31-18-21-8-9-21/h10-11,15,19-21,23-26,32H,7-9,12-14,16-18,30H2,1-6H3,(H,31,33)/t23-,24-,25-,26-/m0/s1. The largest absolute Gasteiger partial charge is 0.493 e. The molecule has 0 radical (unpaired) electrons. The van der Waals surface area contributed by atoms with Crippen LogP contribution in [0.2, 0.25) is 0 Å². The minimum atomic E-state index is -0.721. The van der Waals surface area contributed by atoms with Crippen molar-refractivity contribution >= 4 is 5.91 Å². The Morgan fingerprint density at radius 2 is 1.81 bits per heavy atom. The van der Waals surface area contributed by atoms with Crippen LogP contribution in [0.5, 0.6) is 11.5 Å². The Labute approximate surface area is 218 Å². The summed E-state index contributed by atoms with van der Waals surface area (Å²) in [5.74, 6) is 2.70. The number of benzene rings is 1. The average molecular weight is 507 g/mol. The molecule has 1 saturated carbocycles. The predicted octanol–water partition coefficient (Wildman–Crippen LogP) is 4.19. The van der Waals surface area contributed by atoms with Crippen molar-refractivity contribution in [3.63, 3.8) is 0 Å². The van der Waals surface area contributed by atoms with Gasteiger partial charge in [0.1, 0.15) is 0 Å². The molecule has 36 heavy (non-hydrogen) atoms. The Kier molecular flexibility index (Phi) is 13.0. The summed E-state index contributed by atoms with van der Waals surface area (Å²) in [4.78, 5) is 12.8. The number of ether oxygens (including phenoxy) is 3. The summed E-state index contributed by atoms with van der Waals surface area (Å²) in [5.41, 5.74) is 7.67. The van der Waals surface area contributed by atoms with Gasteiger partial charge >= 0.3 is 0 Å². The van der Waals surface area contributed by atoms with Crippen molar-refractivity contribution in [3.8, 4) is 11.5 Å². The van der Waals surface area contributed by atoms with Crippen LogP contribution in [0.4, 0.5) is 0 Å². The number of methoxy groups -OCH3 is 2. The second-order valence-electron chi connectivity index (χ2n) is 11.1. The topological polar surface area (TPSA) is 103 Å². The van der Waals surface area contributed by atoms with Crippen molar-refractivity contribution in [2.24, 2.45) is 35.3 Å². The molecule has 206 valence electrons. The Morgan fingerprint density at radius 3 is 2.39 bits per heavy atom. The molecule has 1 aliphatic rings. The molecule has 2 rings (SSSR count). The lowest BCUT2D eigenvalue weighted by Crippen LogP contribution is -2.43. The summed E-state index contributed by atoms with van der Waals surface area (Å²) in [6, 6.07) is 5.66. The van der Waals surface area contributed by atoms with E-state index in [1.54, 1.807) is 14.2 Å². The van der Waals surface area contributed by atoms with Crippen LogP contribution >= 0.6 is 0 Å². The van der Waals surface area contributed by atoms with Crippen LogP contribution in [0, 0.1) is 29.6 Å². The van der Waals surface area contributed by atoms with E-state index in [9.17, 15) is 9.90 Å². The van der Waals surface area contributed by atoms with Crippen LogP contribution in [0.15, 0.2) is 18.2 Å². The number of nitrogens with one attached hydrogen (secondary N) is 1. The molecule has 0 aliphatic heterocycles. The van der Waals surface area contributed by atoms with Gasteiger partial charge in [0.2, 0.25) is 5.91 Å². The van der Waals surface area contributed by atoms with Gasteiger partial charge in [-0.2, -0.15) is 0 Å².